The summed E-state index contributed by atoms with van der Waals surface area (Å²) in [5, 5.41) is 3.34. The van der Waals surface area contributed by atoms with Gasteiger partial charge in [0, 0.05) is 30.1 Å². The molecule has 0 spiro atoms. The first kappa shape index (κ1) is 14.8. The Bertz CT molecular complexity index is 751. The lowest BCUT2D eigenvalue weighted by Crippen LogP contribution is -2.30. The maximum atomic E-state index is 6.33. The predicted octanol–water partition coefficient (Wildman–Crippen LogP) is 2.22. The molecule has 0 amide bonds. The van der Waals surface area contributed by atoms with Crippen LogP contribution in [0, 0.1) is 0 Å². The third kappa shape index (κ3) is 2.27. The maximum absolute atomic E-state index is 6.33. The van der Waals surface area contributed by atoms with Gasteiger partial charge in [-0.25, -0.2) is 4.98 Å². The zero-order valence-corrected chi connectivity index (χ0v) is 14.1. The van der Waals surface area contributed by atoms with Crippen LogP contribution in [-0.2, 0) is 11.8 Å². The first-order chi connectivity index (χ1) is 11.0. The van der Waals surface area contributed by atoms with Crippen molar-refractivity contribution in [2.45, 2.75) is 51.0 Å². The Morgan fingerprint density at radius 1 is 1.35 bits per heavy atom. The van der Waals surface area contributed by atoms with Crippen molar-refractivity contribution in [2.75, 3.05) is 30.8 Å². The SMILES string of the molecule is CN[C@@H]1CCN(c2nc(N)nc3c4c(oc23)C(C)(C)CCC4)C1. The van der Waals surface area contributed by atoms with E-state index in [2.05, 4.69) is 34.0 Å². The van der Waals surface area contributed by atoms with Crippen molar-refractivity contribution in [1.29, 1.82) is 0 Å². The van der Waals surface area contributed by atoms with Crippen LogP contribution >= 0.6 is 0 Å². The van der Waals surface area contributed by atoms with Gasteiger partial charge in [-0.2, -0.15) is 4.98 Å². The highest BCUT2D eigenvalue weighted by atomic mass is 16.3. The lowest BCUT2D eigenvalue weighted by molar-refractivity contribution is 0.345. The Morgan fingerprint density at radius 3 is 2.91 bits per heavy atom. The molecule has 23 heavy (non-hydrogen) atoms. The molecule has 124 valence electrons. The van der Waals surface area contributed by atoms with Crippen LogP contribution in [0.25, 0.3) is 11.1 Å². The van der Waals surface area contributed by atoms with Gasteiger partial charge in [0.15, 0.2) is 11.4 Å². The number of likely N-dealkylation sites (N-methyl/N-ethyl adjacent to an activating group) is 1. The van der Waals surface area contributed by atoms with Gasteiger partial charge in [0.05, 0.1) is 0 Å². The molecule has 1 aliphatic heterocycles. The fourth-order valence-corrected chi connectivity index (χ4v) is 4.03. The Hall–Kier alpha value is -1.82. The average Bonchev–Trinajstić information content (AvgIpc) is 3.12. The molecule has 0 unspecified atom stereocenters. The van der Waals surface area contributed by atoms with Crippen molar-refractivity contribution in [2.24, 2.45) is 0 Å². The minimum atomic E-state index is 0.0544. The molecule has 2 aromatic rings. The third-order valence-electron chi connectivity index (χ3n) is 5.37. The van der Waals surface area contributed by atoms with Crippen LogP contribution in [0.4, 0.5) is 11.8 Å². The number of rotatable bonds is 2. The van der Waals surface area contributed by atoms with E-state index >= 15 is 0 Å². The molecule has 3 heterocycles. The van der Waals surface area contributed by atoms with Crippen molar-refractivity contribution < 1.29 is 4.42 Å². The number of nitrogen functional groups attached to an aromatic ring is 1. The Labute approximate surface area is 136 Å². The minimum Gasteiger partial charge on any atom is -0.455 e. The van der Waals surface area contributed by atoms with E-state index < -0.39 is 0 Å². The second-order valence-corrected chi connectivity index (χ2v) is 7.45. The zero-order chi connectivity index (χ0) is 16.2. The molecule has 6 heteroatoms. The number of nitrogens with zero attached hydrogens (tertiary/aromatic N) is 3. The monoisotopic (exact) mass is 315 g/mol. The normalized spacial score (nSPS) is 23.4. The number of aryl methyl sites for hydroxylation is 1. The second kappa shape index (κ2) is 5.09. The van der Waals surface area contributed by atoms with Crippen LogP contribution in [0.15, 0.2) is 4.42 Å². The van der Waals surface area contributed by atoms with Crippen molar-refractivity contribution in [1.82, 2.24) is 15.3 Å². The van der Waals surface area contributed by atoms with Crippen molar-refractivity contribution in [3.63, 3.8) is 0 Å². The van der Waals surface area contributed by atoms with Crippen LogP contribution in [0.1, 0.15) is 44.4 Å². The van der Waals surface area contributed by atoms with Crippen LogP contribution in [-0.4, -0.2) is 36.1 Å². The third-order valence-corrected chi connectivity index (χ3v) is 5.37. The van der Waals surface area contributed by atoms with Gasteiger partial charge in [0.25, 0.3) is 0 Å². The van der Waals surface area contributed by atoms with Gasteiger partial charge in [-0.3, -0.25) is 0 Å². The summed E-state index contributed by atoms with van der Waals surface area (Å²) >= 11 is 0. The number of aromatic nitrogens is 2. The maximum Gasteiger partial charge on any atom is 0.222 e. The van der Waals surface area contributed by atoms with Crippen LogP contribution in [0.5, 0.6) is 0 Å². The molecular formula is C17H25N5O. The molecule has 3 N–H and O–H groups in total. The fraction of sp³-hybridized carbons (Fsp3) is 0.647. The lowest BCUT2D eigenvalue weighted by Gasteiger charge is -2.27. The molecule has 2 aliphatic rings. The number of nitrogens with one attached hydrogen (secondary N) is 1. The van der Waals surface area contributed by atoms with Gasteiger partial charge >= 0.3 is 0 Å². The molecule has 0 saturated carbocycles. The van der Waals surface area contributed by atoms with Crippen molar-refractivity contribution in [3.05, 3.63) is 11.3 Å². The minimum absolute atomic E-state index is 0.0544. The smallest absolute Gasteiger partial charge is 0.222 e. The average molecular weight is 315 g/mol. The molecule has 0 bridgehead atoms. The molecule has 1 atom stereocenters. The number of fused-ring (bicyclic) bond motifs is 3. The van der Waals surface area contributed by atoms with E-state index in [1.807, 2.05) is 7.05 Å². The topological polar surface area (TPSA) is 80.2 Å². The molecule has 2 aromatic heterocycles. The quantitative estimate of drug-likeness (QED) is 0.884. The Balaban J connectivity index is 1.87. The lowest BCUT2D eigenvalue weighted by atomic mass is 9.77. The summed E-state index contributed by atoms with van der Waals surface area (Å²) in [6.45, 7) is 6.38. The molecule has 0 aromatic carbocycles. The Morgan fingerprint density at radius 2 is 2.17 bits per heavy atom. The number of hydrogen-bond donors (Lipinski definition) is 2. The van der Waals surface area contributed by atoms with Crippen molar-refractivity contribution >= 4 is 22.9 Å². The van der Waals surface area contributed by atoms with Gasteiger partial charge in [0.1, 0.15) is 11.3 Å². The highest BCUT2D eigenvalue weighted by Crippen LogP contribution is 2.43. The molecule has 1 saturated heterocycles. The van der Waals surface area contributed by atoms with E-state index in [0.29, 0.717) is 12.0 Å². The number of hydrogen-bond acceptors (Lipinski definition) is 6. The predicted molar refractivity (Wildman–Crippen MR) is 91.9 cm³/mol. The number of furan rings is 1. The zero-order valence-electron chi connectivity index (χ0n) is 14.1. The number of anilines is 2. The van der Waals surface area contributed by atoms with Gasteiger partial charge in [0.2, 0.25) is 5.95 Å². The molecule has 4 rings (SSSR count). The van der Waals surface area contributed by atoms with Crippen LogP contribution < -0.4 is 16.0 Å². The van der Waals surface area contributed by atoms with E-state index in [9.17, 15) is 0 Å². The summed E-state index contributed by atoms with van der Waals surface area (Å²) in [5.74, 6) is 2.27. The van der Waals surface area contributed by atoms with E-state index in [-0.39, 0.29) is 5.41 Å². The highest BCUT2D eigenvalue weighted by molar-refractivity contribution is 5.89. The summed E-state index contributed by atoms with van der Waals surface area (Å²) in [6, 6.07) is 0.488. The van der Waals surface area contributed by atoms with Gasteiger partial charge in [-0.15, -0.1) is 0 Å². The van der Waals surface area contributed by atoms with E-state index in [4.69, 9.17) is 10.2 Å². The van der Waals surface area contributed by atoms with Gasteiger partial charge in [-0.05, 0) is 32.7 Å². The molecule has 0 radical (unpaired) electrons. The summed E-state index contributed by atoms with van der Waals surface area (Å²) in [6.07, 6.45) is 4.43. The van der Waals surface area contributed by atoms with Crippen molar-refractivity contribution in [3.8, 4) is 0 Å². The largest absolute Gasteiger partial charge is 0.455 e. The summed E-state index contributed by atoms with van der Waals surface area (Å²) in [4.78, 5) is 11.3. The van der Waals surface area contributed by atoms with Gasteiger partial charge in [-0.1, -0.05) is 13.8 Å². The summed E-state index contributed by atoms with van der Waals surface area (Å²) < 4.78 is 6.33. The first-order valence-corrected chi connectivity index (χ1v) is 8.51. The van der Waals surface area contributed by atoms with E-state index in [1.165, 1.54) is 12.0 Å². The highest BCUT2D eigenvalue weighted by Gasteiger charge is 2.35. The van der Waals surface area contributed by atoms with Crippen LogP contribution in [0.2, 0.25) is 0 Å². The second-order valence-electron chi connectivity index (χ2n) is 7.45. The standard InChI is InChI=1S/C17H25N5O/c1-17(2)7-4-5-11-12-13(23-14(11)17)15(21-16(18)20-12)22-8-6-10(9-22)19-3/h10,19H,4-9H2,1-3H3,(H2,18,20,21)/t10-/m1/s1. The van der Waals surface area contributed by atoms with E-state index in [0.717, 1.165) is 55.0 Å². The summed E-state index contributed by atoms with van der Waals surface area (Å²) in [7, 11) is 2.01. The first-order valence-electron chi connectivity index (χ1n) is 8.51. The molecular weight excluding hydrogens is 290 g/mol. The van der Waals surface area contributed by atoms with Crippen LogP contribution in [0.3, 0.4) is 0 Å². The van der Waals surface area contributed by atoms with Gasteiger partial charge < -0.3 is 20.4 Å². The Kier molecular flexibility index (Phi) is 3.27. The van der Waals surface area contributed by atoms with E-state index in [1.54, 1.807) is 0 Å². The molecule has 1 aliphatic carbocycles. The molecule has 6 nitrogen and oxygen atoms in total. The summed E-state index contributed by atoms with van der Waals surface area (Å²) in [5.41, 5.74) is 9.04. The fourth-order valence-electron chi connectivity index (χ4n) is 4.03. The molecule has 1 fully saturated rings. The number of nitrogens with two attached hydrogens (primary N) is 1.